The molecular formula is C25H25N5O2. The number of benzene rings is 2. The predicted molar refractivity (Wildman–Crippen MR) is 126 cm³/mol. The first-order valence-corrected chi connectivity index (χ1v) is 10.4. The van der Waals surface area contributed by atoms with E-state index in [1.54, 1.807) is 10.7 Å². The van der Waals surface area contributed by atoms with Crippen LogP contribution in [0, 0.1) is 0 Å². The number of carbonyl (C=O) groups excluding carboxylic acids is 2. The van der Waals surface area contributed by atoms with Crippen molar-refractivity contribution in [1.82, 2.24) is 14.6 Å². The molecule has 2 aromatic heterocycles. The van der Waals surface area contributed by atoms with Gasteiger partial charge in [0.2, 0.25) is 5.91 Å². The number of anilines is 2. The molecular weight excluding hydrogens is 402 g/mol. The smallest absolute Gasteiger partial charge is 0.256 e. The van der Waals surface area contributed by atoms with Gasteiger partial charge in [-0.2, -0.15) is 5.10 Å². The van der Waals surface area contributed by atoms with E-state index >= 15 is 0 Å². The molecule has 0 radical (unpaired) electrons. The van der Waals surface area contributed by atoms with Crippen molar-refractivity contribution in [1.29, 1.82) is 0 Å². The second-order valence-electron chi connectivity index (χ2n) is 8.69. The summed E-state index contributed by atoms with van der Waals surface area (Å²) in [5.41, 5.74) is 4.66. The molecule has 4 aromatic rings. The van der Waals surface area contributed by atoms with Crippen molar-refractivity contribution >= 4 is 29.0 Å². The first-order chi connectivity index (χ1) is 15.2. The van der Waals surface area contributed by atoms with Crippen LogP contribution >= 0.6 is 0 Å². The van der Waals surface area contributed by atoms with Crippen LogP contribution in [-0.4, -0.2) is 26.4 Å². The van der Waals surface area contributed by atoms with Gasteiger partial charge in [0.1, 0.15) is 0 Å². The largest absolute Gasteiger partial charge is 0.326 e. The molecule has 7 heteroatoms. The monoisotopic (exact) mass is 427 g/mol. The van der Waals surface area contributed by atoms with E-state index in [0.29, 0.717) is 22.7 Å². The van der Waals surface area contributed by atoms with Crippen LogP contribution in [0.3, 0.4) is 0 Å². The highest BCUT2D eigenvalue weighted by atomic mass is 16.2. The van der Waals surface area contributed by atoms with Crippen LogP contribution in [0.4, 0.5) is 11.5 Å². The van der Waals surface area contributed by atoms with Crippen LogP contribution in [0.2, 0.25) is 0 Å². The van der Waals surface area contributed by atoms with Crippen molar-refractivity contribution in [3.63, 3.8) is 0 Å². The molecule has 0 atom stereocenters. The number of rotatable bonds is 4. The van der Waals surface area contributed by atoms with Gasteiger partial charge in [0.15, 0.2) is 11.5 Å². The maximum atomic E-state index is 12.7. The van der Waals surface area contributed by atoms with E-state index in [9.17, 15) is 9.59 Å². The third-order valence-electron chi connectivity index (χ3n) is 5.05. The van der Waals surface area contributed by atoms with E-state index in [1.165, 1.54) is 12.5 Å². The fourth-order valence-electron chi connectivity index (χ4n) is 3.37. The molecule has 162 valence electrons. The van der Waals surface area contributed by atoms with E-state index in [-0.39, 0.29) is 17.2 Å². The number of nitrogens with one attached hydrogen (secondary N) is 2. The Morgan fingerprint density at radius 1 is 0.938 bits per heavy atom. The van der Waals surface area contributed by atoms with Gasteiger partial charge >= 0.3 is 0 Å². The van der Waals surface area contributed by atoms with Crippen LogP contribution in [0.15, 0.2) is 66.9 Å². The molecule has 0 saturated carbocycles. The van der Waals surface area contributed by atoms with E-state index in [1.807, 2.05) is 60.7 Å². The van der Waals surface area contributed by atoms with E-state index in [2.05, 4.69) is 41.5 Å². The Morgan fingerprint density at radius 3 is 2.38 bits per heavy atom. The van der Waals surface area contributed by atoms with E-state index in [4.69, 9.17) is 0 Å². The molecule has 2 heterocycles. The summed E-state index contributed by atoms with van der Waals surface area (Å²) in [5, 5.41) is 10.2. The average molecular weight is 428 g/mol. The second-order valence-corrected chi connectivity index (χ2v) is 8.69. The fraction of sp³-hybridized carbons (Fsp3) is 0.200. The number of carbonyl (C=O) groups is 2. The Hall–Kier alpha value is -4.00. The van der Waals surface area contributed by atoms with Crippen LogP contribution in [0.5, 0.6) is 0 Å². The zero-order valence-electron chi connectivity index (χ0n) is 18.5. The summed E-state index contributed by atoms with van der Waals surface area (Å²) >= 11 is 0. The number of amides is 2. The zero-order valence-corrected chi connectivity index (χ0v) is 18.5. The molecule has 0 aliphatic heterocycles. The number of aromatic nitrogens is 3. The van der Waals surface area contributed by atoms with Gasteiger partial charge < -0.3 is 10.6 Å². The maximum Gasteiger partial charge on any atom is 0.256 e. The van der Waals surface area contributed by atoms with Crippen LogP contribution in [-0.2, 0) is 10.2 Å². The van der Waals surface area contributed by atoms with Crippen molar-refractivity contribution in [2.24, 2.45) is 0 Å². The number of nitrogens with zero attached hydrogens (tertiary/aromatic N) is 3. The Morgan fingerprint density at radius 2 is 1.69 bits per heavy atom. The quantitative estimate of drug-likeness (QED) is 0.485. The first-order valence-electron chi connectivity index (χ1n) is 10.4. The van der Waals surface area contributed by atoms with Gasteiger partial charge in [0.25, 0.3) is 5.91 Å². The summed E-state index contributed by atoms with van der Waals surface area (Å²) in [6, 6.07) is 18.7. The highest BCUT2D eigenvalue weighted by Crippen LogP contribution is 2.23. The highest BCUT2D eigenvalue weighted by molar-refractivity contribution is 6.03. The molecule has 0 spiro atoms. The van der Waals surface area contributed by atoms with E-state index in [0.717, 1.165) is 11.3 Å². The molecule has 2 amide bonds. The Bertz CT molecular complexity index is 1300. The minimum atomic E-state index is -0.225. The van der Waals surface area contributed by atoms with Crippen molar-refractivity contribution in [2.45, 2.75) is 33.1 Å². The summed E-state index contributed by atoms with van der Waals surface area (Å²) < 4.78 is 1.62. The van der Waals surface area contributed by atoms with Crippen molar-refractivity contribution in [2.75, 3.05) is 10.6 Å². The molecule has 4 rings (SSSR count). The van der Waals surface area contributed by atoms with Gasteiger partial charge in [-0.25, -0.2) is 9.50 Å². The normalized spacial score (nSPS) is 11.4. The number of hydrogen-bond donors (Lipinski definition) is 2. The fourth-order valence-corrected chi connectivity index (χ4v) is 3.37. The third kappa shape index (κ3) is 4.67. The zero-order chi connectivity index (χ0) is 22.9. The van der Waals surface area contributed by atoms with Gasteiger partial charge in [0.05, 0.1) is 11.9 Å². The van der Waals surface area contributed by atoms with Gasteiger partial charge in [-0.05, 0) is 47.4 Å². The van der Waals surface area contributed by atoms with Crippen molar-refractivity contribution in [3.8, 4) is 11.3 Å². The number of fused-ring (bicyclic) bond motifs is 1. The van der Waals surface area contributed by atoms with Gasteiger partial charge in [-0.3, -0.25) is 9.59 Å². The maximum absolute atomic E-state index is 12.7. The van der Waals surface area contributed by atoms with Crippen molar-refractivity contribution in [3.05, 3.63) is 78.0 Å². The lowest BCUT2D eigenvalue weighted by atomic mass is 9.87. The average Bonchev–Trinajstić information content (AvgIpc) is 3.14. The molecule has 2 aromatic carbocycles. The van der Waals surface area contributed by atoms with Crippen LogP contribution in [0.1, 0.15) is 43.6 Å². The Kier molecular flexibility index (Phi) is 5.48. The summed E-state index contributed by atoms with van der Waals surface area (Å²) in [4.78, 5) is 28.4. The first kappa shape index (κ1) is 21.2. The molecule has 2 N–H and O–H groups in total. The van der Waals surface area contributed by atoms with Gasteiger partial charge in [-0.1, -0.05) is 45.0 Å². The summed E-state index contributed by atoms with van der Waals surface area (Å²) in [5.74, 6) is 0.0669. The molecule has 0 unspecified atom stereocenters. The molecule has 0 bridgehead atoms. The van der Waals surface area contributed by atoms with E-state index < -0.39 is 0 Å². The van der Waals surface area contributed by atoms with Crippen LogP contribution < -0.4 is 10.6 Å². The molecule has 0 fully saturated rings. The predicted octanol–water partition coefficient (Wildman–Crippen LogP) is 4.90. The lowest BCUT2D eigenvalue weighted by Crippen LogP contribution is -2.14. The summed E-state index contributed by atoms with van der Waals surface area (Å²) in [7, 11) is 0. The summed E-state index contributed by atoms with van der Waals surface area (Å²) in [6.45, 7) is 7.87. The van der Waals surface area contributed by atoms with Gasteiger partial charge in [0, 0.05) is 23.7 Å². The van der Waals surface area contributed by atoms with Crippen LogP contribution in [0.25, 0.3) is 16.9 Å². The Balaban J connectivity index is 1.54. The highest BCUT2D eigenvalue weighted by Gasteiger charge is 2.15. The standard InChI is InChI=1S/C25H25N5O2/c1-16(31)26-20-7-5-6-18(14-20)21-12-13-23-27-22(15-30(23)29-21)28-24(32)17-8-10-19(11-9-17)25(2,3)4/h5-15H,1-4H3,(H,26,31)(H,28,32). The Labute approximate surface area is 186 Å². The number of hydrogen-bond acceptors (Lipinski definition) is 4. The molecule has 7 nitrogen and oxygen atoms in total. The minimum absolute atomic E-state index is 0.0294. The lowest BCUT2D eigenvalue weighted by Gasteiger charge is -2.18. The molecule has 0 saturated heterocycles. The lowest BCUT2D eigenvalue weighted by molar-refractivity contribution is -0.114. The molecule has 0 aliphatic carbocycles. The SMILES string of the molecule is CC(=O)Nc1cccc(-c2ccc3nc(NC(=O)c4ccc(C(C)(C)C)cc4)cn3n2)c1. The number of imidazole rings is 1. The van der Waals surface area contributed by atoms with Crippen molar-refractivity contribution < 1.29 is 9.59 Å². The molecule has 0 aliphatic rings. The third-order valence-corrected chi connectivity index (χ3v) is 5.05. The minimum Gasteiger partial charge on any atom is -0.326 e. The topological polar surface area (TPSA) is 88.4 Å². The molecule has 32 heavy (non-hydrogen) atoms. The second kappa shape index (κ2) is 8.26. The van der Waals surface area contributed by atoms with Gasteiger partial charge in [-0.15, -0.1) is 0 Å². The summed E-state index contributed by atoms with van der Waals surface area (Å²) in [6.07, 6.45) is 1.68.